The standard InChI is InChI=1S/C8H9NO4/c1-4(2)8(12)13-5-3-6(10)9-7(5)11/h5H,1,3H2,2H3,(H,9,10,11). The molecule has 0 saturated carbocycles. The van der Waals surface area contributed by atoms with Gasteiger partial charge in [-0.3, -0.25) is 14.9 Å². The third-order valence-corrected chi connectivity index (χ3v) is 1.52. The highest BCUT2D eigenvalue weighted by atomic mass is 16.5. The number of nitrogens with one attached hydrogen (secondary N) is 1. The summed E-state index contributed by atoms with van der Waals surface area (Å²) < 4.78 is 4.68. The molecule has 1 atom stereocenters. The van der Waals surface area contributed by atoms with E-state index >= 15 is 0 Å². The van der Waals surface area contributed by atoms with E-state index in [1.54, 1.807) is 0 Å². The number of ether oxygens (including phenoxy) is 1. The molecule has 1 aliphatic rings. The van der Waals surface area contributed by atoms with Gasteiger partial charge in [-0.15, -0.1) is 0 Å². The van der Waals surface area contributed by atoms with Crippen LogP contribution in [-0.4, -0.2) is 23.9 Å². The Hall–Kier alpha value is -1.65. The number of esters is 1. The fourth-order valence-electron chi connectivity index (χ4n) is 0.855. The molecule has 1 fully saturated rings. The Morgan fingerprint density at radius 1 is 1.62 bits per heavy atom. The van der Waals surface area contributed by atoms with Gasteiger partial charge in [0.25, 0.3) is 5.91 Å². The summed E-state index contributed by atoms with van der Waals surface area (Å²) in [7, 11) is 0. The lowest BCUT2D eigenvalue weighted by Crippen LogP contribution is -2.28. The van der Waals surface area contributed by atoms with Crippen LogP contribution >= 0.6 is 0 Å². The summed E-state index contributed by atoms with van der Waals surface area (Å²) in [6.07, 6.45) is -1.09. The van der Waals surface area contributed by atoms with Crippen LogP contribution in [0.15, 0.2) is 12.2 Å². The van der Waals surface area contributed by atoms with Crippen molar-refractivity contribution in [1.82, 2.24) is 5.32 Å². The number of carbonyl (C=O) groups is 3. The molecular weight excluding hydrogens is 174 g/mol. The van der Waals surface area contributed by atoms with E-state index in [2.05, 4.69) is 11.3 Å². The van der Waals surface area contributed by atoms with Crippen LogP contribution in [-0.2, 0) is 19.1 Å². The quantitative estimate of drug-likeness (QED) is 0.356. The van der Waals surface area contributed by atoms with E-state index in [0.29, 0.717) is 0 Å². The molecule has 1 unspecified atom stereocenters. The third-order valence-electron chi connectivity index (χ3n) is 1.52. The average Bonchev–Trinajstić information content (AvgIpc) is 2.30. The summed E-state index contributed by atoms with van der Waals surface area (Å²) in [4.78, 5) is 32.5. The average molecular weight is 183 g/mol. The highest BCUT2D eigenvalue weighted by Gasteiger charge is 2.33. The first kappa shape index (κ1) is 9.44. The molecule has 0 aromatic heterocycles. The largest absolute Gasteiger partial charge is 0.448 e. The van der Waals surface area contributed by atoms with Crippen LogP contribution < -0.4 is 5.32 Å². The van der Waals surface area contributed by atoms with Gasteiger partial charge in [0.1, 0.15) is 0 Å². The minimum Gasteiger partial charge on any atom is -0.448 e. The predicted molar refractivity (Wildman–Crippen MR) is 42.5 cm³/mol. The van der Waals surface area contributed by atoms with Gasteiger partial charge < -0.3 is 4.74 Å². The van der Waals surface area contributed by atoms with Crippen LogP contribution in [0.3, 0.4) is 0 Å². The van der Waals surface area contributed by atoms with E-state index in [9.17, 15) is 14.4 Å². The van der Waals surface area contributed by atoms with E-state index in [-0.39, 0.29) is 12.0 Å². The van der Waals surface area contributed by atoms with Gasteiger partial charge >= 0.3 is 5.97 Å². The summed E-state index contributed by atoms with van der Waals surface area (Å²) in [6.45, 7) is 4.82. The van der Waals surface area contributed by atoms with Gasteiger partial charge in [-0.25, -0.2) is 4.79 Å². The normalized spacial score (nSPS) is 21.2. The lowest BCUT2D eigenvalue weighted by atomic mass is 10.3. The van der Waals surface area contributed by atoms with Gasteiger partial charge in [0, 0.05) is 5.57 Å². The number of carbonyl (C=O) groups excluding carboxylic acids is 3. The molecule has 70 valence electrons. The fourth-order valence-corrected chi connectivity index (χ4v) is 0.855. The molecule has 0 aromatic carbocycles. The second-order valence-corrected chi connectivity index (χ2v) is 2.79. The maximum atomic E-state index is 10.9. The second-order valence-electron chi connectivity index (χ2n) is 2.79. The van der Waals surface area contributed by atoms with Crippen molar-refractivity contribution < 1.29 is 19.1 Å². The highest BCUT2D eigenvalue weighted by Crippen LogP contribution is 2.08. The summed E-state index contributed by atoms with van der Waals surface area (Å²) in [6, 6.07) is 0. The van der Waals surface area contributed by atoms with Gasteiger partial charge in [-0.1, -0.05) is 6.58 Å². The minimum absolute atomic E-state index is 0.0994. The van der Waals surface area contributed by atoms with Crippen molar-refractivity contribution in [2.45, 2.75) is 19.4 Å². The topological polar surface area (TPSA) is 72.5 Å². The van der Waals surface area contributed by atoms with Crippen LogP contribution in [0.2, 0.25) is 0 Å². The monoisotopic (exact) mass is 183 g/mol. The Morgan fingerprint density at radius 2 is 2.23 bits per heavy atom. The van der Waals surface area contributed by atoms with Gasteiger partial charge in [0.05, 0.1) is 6.42 Å². The first-order valence-corrected chi connectivity index (χ1v) is 3.71. The van der Waals surface area contributed by atoms with Gasteiger partial charge in [-0.2, -0.15) is 0 Å². The maximum Gasteiger partial charge on any atom is 0.333 e. The van der Waals surface area contributed by atoms with Crippen molar-refractivity contribution in [1.29, 1.82) is 0 Å². The van der Waals surface area contributed by atoms with E-state index in [4.69, 9.17) is 0 Å². The van der Waals surface area contributed by atoms with E-state index < -0.39 is 23.9 Å². The second kappa shape index (κ2) is 3.38. The molecule has 13 heavy (non-hydrogen) atoms. The number of imide groups is 1. The molecule has 0 radical (unpaired) electrons. The summed E-state index contributed by atoms with van der Waals surface area (Å²) >= 11 is 0. The summed E-state index contributed by atoms with van der Waals surface area (Å²) in [5.41, 5.74) is 0.201. The molecular formula is C8H9NO4. The van der Waals surface area contributed by atoms with E-state index in [1.165, 1.54) is 6.92 Å². The molecule has 0 aliphatic carbocycles. The zero-order valence-electron chi connectivity index (χ0n) is 7.12. The number of amides is 2. The molecule has 0 bridgehead atoms. The Morgan fingerprint density at radius 3 is 2.62 bits per heavy atom. The molecule has 0 spiro atoms. The molecule has 1 saturated heterocycles. The smallest absolute Gasteiger partial charge is 0.333 e. The van der Waals surface area contributed by atoms with Crippen LogP contribution in [0, 0.1) is 0 Å². The van der Waals surface area contributed by atoms with Crippen molar-refractivity contribution in [3.05, 3.63) is 12.2 Å². The molecule has 1 aliphatic heterocycles. The molecule has 2 amide bonds. The van der Waals surface area contributed by atoms with Crippen LogP contribution in [0.25, 0.3) is 0 Å². The molecule has 1 N–H and O–H groups in total. The third kappa shape index (κ3) is 2.14. The minimum atomic E-state index is -0.989. The zero-order chi connectivity index (χ0) is 10.0. The summed E-state index contributed by atoms with van der Waals surface area (Å²) in [5.74, 6) is -1.65. The van der Waals surface area contributed by atoms with Crippen molar-refractivity contribution in [2.24, 2.45) is 0 Å². The Kier molecular flexibility index (Phi) is 2.46. The van der Waals surface area contributed by atoms with Gasteiger partial charge in [-0.05, 0) is 6.92 Å². The van der Waals surface area contributed by atoms with Crippen molar-refractivity contribution >= 4 is 17.8 Å². The van der Waals surface area contributed by atoms with Crippen LogP contribution in [0.5, 0.6) is 0 Å². The molecule has 0 aromatic rings. The maximum absolute atomic E-state index is 10.9. The molecule has 5 nitrogen and oxygen atoms in total. The first-order chi connectivity index (χ1) is 6.00. The number of hydrogen-bond donors (Lipinski definition) is 1. The lowest BCUT2D eigenvalue weighted by molar-refractivity contribution is -0.150. The van der Waals surface area contributed by atoms with Crippen molar-refractivity contribution in [3.8, 4) is 0 Å². The van der Waals surface area contributed by atoms with Gasteiger partial charge in [0.2, 0.25) is 5.91 Å². The van der Waals surface area contributed by atoms with Crippen LogP contribution in [0.4, 0.5) is 0 Å². The molecule has 1 heterocycles. The number of rotatable bonds is 2. The summed E-state index contributed by atoms with van der Waals surface area (Å²) in [5, 5.41) is 2.03. The Labute approximate surface area is 74.7 Å². The lowest BCUT2D eigenvalue weighted by Gasteiger charge is -2.07. The molecule has 1 rings (SSSR count). The van der Waals surface area contributed by atoms with Crippen LogP contribution in [0.1, 0.15) is 13.3 Å². The number of hydrogen-bond acceptors (Lipinski definition) is 4. The fraction of sp³-hybridized carbons (Fsp3) is 0.375. The van der Waals surface area contributed by atoms with E-state index in [0.717, 1.165) is 0 Å². The molecule has 5 heteroatoms. The zero-order valence-corrected chi connectivity index (χ0v) is 7.12. The SMILES string of the molecule is C=C(C)C(=O)OC1CC(=O)NC1=O. The highest BCUT2D eigenvalue weighted by molar-refractivity contribution is 6.06. The van der Waals surface area contributed by atoms with Gasteiger partial charge in [0.15, 0.2) is 6.10 Å². The van der Waals surface area contributed by atoms with E-state index in [1.807, 2.05) is 5.32 Å². The Bertz CT molecular complexity index is 295. The Balaban J connectivity index is 2.55. The van der Waals surface area contributed by atoms with Crippen molar-refractivity contribution in [3.63, 3.8) is 0 Å². The first-order valence-electron chi connectivity index (χ1n) is 3.71. The predicted octanol–water partition coefficient (Wildman–Crippen LogP) is -0.479. The van der Waals surface area contributed by atoms with Crippen molar-refractivity contribution in [2.75, 3.05) is 0 Å².